The van der Waals surface area contributed by atoms with Gasteiger partial charge in [0, 0.05) is 6.54 Å². The largest absolute Gasteiger partial charge is 0.313 e. The number of nitriles is 1. The summed E-state index contributed by atoms with van der Waals surface area (Å²) in [7, 11) is 0. The lowest BCUT2D eigenvalue weighted by molar-refractivity contribution is 0.727. The number of rotatable bonds is 5. The molecule has 0 bridgehead atoms. The fraction of sp³-hybridized carbons (Fsp3) is 0.308. The molecule has 0 atom stereocenters. The number of nitrogens with one attached hydrogen (secondary N) is 1. The van der Waals surface area contributed by atoms with Gasteiger partial charge in [0.25, 0.3) is 0 Å². The Labute approximate surface area is 91.2 Å². The van der Waals surface area contributed by atoms with Crippen LogP contribution in [0.15, 0.2) is 30.3 Å². The monoisotopic (exact) mass is 200 g/mol. The van der Waals surface area contributed by atoms with E-state index in [0.29, 0.717) is 6.42 Å². The van der Waals surface area contributed by atoms with E-state index in [0.717, 1.165) is 18.7 Å². The van der Waals surface area contributed by atoms with Crippen molar-refractivity contribution < 1.29 is 0 Å². The molecular weight excluding hydrogens is 184 g/mol. The van der Waals surface area contributed by atoms with Crippen molar-refractivity contribution in [3.05, 3.63) is 41.5 Å². The van der Waals surface area contributed by atoms with Crippen LogP contribution in [0.1, 0.15) is 24.5 Å². The first kappa shape index (κ1) is 11.5. The maximum Gasteiger partial charge on any atom is 0.0663 e. The van der Waals surface area contributed by atoms with Gasteiger partial charge in [-0.2, -0.15) is 5.26 Å². The van der Waals surface area contributed by atoms with Crippen LogP contribution in [0, 0.1) is 11.3 Å². The van der Waals surface area contributed by atoms with Gasteiger partial charge in [-0.1, -0.05) is 43.3 Å². The Kier molecular flexibility index (Phi) is 5.21. The van der Waals surface area contributed by atoms with E-state index in [9.17, 15) is 0 Å². The maximum atomic E-state index is 8.40. The predicted octanol–water partition coefficient (Wildman–Crippen LogP) is 2.72. The first-order chi connectivity index (χ1) is 7.36. The highest BCUT2D eigenvalue weighted by molar-refractivity contribution is 5.50. The van der Waals surface area contributed by atoms with E-state index >= 15 is 0 Å². The minimum atomic E-state index is 0.470. The molecule has 0 radical (unpaired) electrons. The fourth-order valence-corrected chi connectivity index (χ4v) is 1.32. The van der Waals surface area contributed by atoms with Crippen molar-refractivity contribution in [2.24, 2.45) is 0 Å². The van der Waals surface area contributed by atoms with E-state index in [1.54, 1.807) is 0 Å². The predicted molar refractivity (Wildman–Crippen MR) is 63.1 cm³/mol. The van der Waals surface area contributed by atoms with Crippen molar-refractivity contribution in [1.82, 2.24) is 5.32 Å². The van der Waals surface area contributed by atoms with E-state index < -0.39 is 0 Å². The van der Waals surface area contributed by atoms with Crippen molar-refractivity contribution in [2.75, 3.05) is 6.54 Å². The van der Waals surface area contributed by atoms with Gasteiger partial charge < -0.3 is 5.32 Å². The Morgan fingerprint density at radius 3 is 3.07 bits per heavy atom. The summed E-state index contributed by atoms with van der Waals surface area (Å²) in [5, 5.41) is 11.7. The Bertz CT molecular complexity index is 361. The fourth-order valence-electron chi connectivity index (χ4n) is 1.32. The second-order valence-electron chi connectivity index (χ2n) is 3.29. The highest BCUT2D eigenvalue weighted by Crippen LogP contribution is 2.07. The summed E-state index contributed by atoms with van der Waals surface area (Å²) in [6, 6.07) is 10.4. The first-order valence-corrected chi connectivity index (χ1v) is 5.20. The third-order valence-electron chi connectivity index (χ3n) is 2.05. The van der Waals surface area contributed by atoms with Gasteiger partial charge in [0.05, 0.1) is 12.5 Å². The molecule has 0 aliphatic rings. The van der Waals surface area contributed by atoms with E-state index in [4.69, 9.17) is 5.26 Å². The standard InChI is InChI=1S/C13H16N2/c1-2-15-11-13-8-5-7-12(10-13)6-3-4-9-14/h3,5-8,10,15H,2,4,11H2,1H3. The third-order valence-corrected chi connectivity index (χ3v) is 2.05. The molecule has 0 amide bonds. The molecule has 0 saturated carbocycles. The van der Waals surface area contributed by atoms with Crippen molar-refractivity contribution in [3.8, 4) is 6.07 Å². The van der Waals surface area contributed by atoms with Crippen molar-refractivity contribution in [2.45, 2.75) is 19.9 Å². The van der Waals surface area contributed by atoms with Crippen LogP contribution >= 0.6 is 0 Å². The van der Waals surface area contributed by atoms with E-state index in [1.165, 1.54) is 5.56 Å². The van der Waals surface area contributed by atoms with Gasteiger partial charge in [-0.25, -0.2) is 0 Å². The Hall–Kier alpha value is -1.59. The molecule has 2 nitrogen and oxygen atoms in total. The van der Waals surface area contributed by atoms with Crippen molar-refractivity contribution >= 4 is 6.08 Å². The van der Waals surface area contributed by atoms with Gasteiger partial charge in [-0.3, -0.25) is 0 Å². The molecule has 2 heteroatoms. The Morgan fingerprint density at radius 2 is 2.33 bits per heavy atom. The molecule has 1 aromatic rings. The summed E-state index contributed by atoms with van der Waals surface area (Å²) in [6.07, 6.45) is 4.34. The summed E-state index contributed by atoms with van der Waals surface area (Å²) in [6.45, 7) is 3.97. The van der Waals surface area contributed by atoms with Crippen LogP contribution in [0.25, 0.3) is 6.08 Å². The van der Waals surface area contributed by atoms with Crippen LogP contribution < -0.4 is 5.32 Å². The van der Waals surface area contributed by atoms with Crippen molar-refractivity contribution in [3.63, 3.8) is 0 Å². The van der Waals surface area contributed by atoms with Gasteiger partial charge in [-0.05, 0) is 17.7 Å². The number of hydrogen-bond donors (Lipinski definition) is 1. The van der Waals surface area contributed by atoms with Crippen molar-refractivity contribution in [1.29, 1.82) is 5.26 Å². The normalized spacial score (nSPS) is 10.4. The van der Waals surface area contributed by atoms with Crippen LogP contribution in [0.2, 0.25) is 0 Å². The summed E-state index contributed by atoms with van der Waals surface area (Å²) in [5.41, 5.74) is 2.43. The molecule has 0 aliphatic heterocycles. The van der Waals surface area contributed by atoms with Crippen LogP contribution in [-0.4, -0.2) is 6.54 Å². The zero-order chi connectivity index (χ0) is 10.9. The minimum absolute atomic E-state index is 0.470. The SMILES string of the molecule is CCNCc1cccc(C=CCC#N)c1. The minimum Gasteiger partial charge on any atom is -0.313 e. The van der Waals surface area contributed by atoms with E-state index in [-0.39, 0.29) is 0 Å². The summed E-state index contributed by atoms with van der Waals surface area (Å²) >= 11 is 0. The molecule has 0 heterocycles. The lowest BCUT2D eigenvalue weighted by atomic mass is 10.1. The van der Waals surface area contributed by atoms with Crippen LogP contribution in [0.3, 0.4) is 0 Å². The lowest BCUT2D eigenvalue weighted by Gasteiger charge is -2.02. The topological polar surface area (TPSA) is 35.8 Å². The molecule has 1 N–H and O–H groups in total. The summed E-state index contributed by atoms with van der Waals surface area (Å²) in [4.78, 5) is 0. The van der Waals surface area contributed by atoms with Gasteiger partial charge in [0.1, 0.15) is 0 Å². The maximum absolute atomic E-state index is 8.40. The zero-order valence-corrected chi connectivity index (χ0v) is 9.03. The number of benzene rings is 1. The summed E-state index contributed by atoms with van der Waals surface area (Å²) in [5.74, 6) is 0. The summed E-state index contributed by atoms with van der Waals surface area (Å²) < 4.78 is 0. The molecule has 0 fully saturated rings. The van der Waals surface area contributed by atoms with Gasteiger partial charge in [0.2, 0.25) is 0 Å². The molecule has 0 aliphatic carbocycles. The van der Waals surface area contributed by atoms with Gasteiger partial charge in [-0.15, -0.1) is 0 Å². The van der Waals surface area contributed by atoms with Gasteiger partial charge >= 0.3 is 0 Å². The zero-order valence-electron chi connectivity index (χ0n) is 9.03. The molecule has 15 heavy (non-hydrogen) atoms. The highest BCUT2D eigenvalue weighted by atomic mass is 14.8. The third kappa shape index (κ3) is 4.44. The average molecular weight is 200 g/mol. The molecule has 0 unspecified atom stereocenters. The van der Waals surface area contributed by atoms with Crippen LogP contribution in [0.5, 0.6) is 0 Å². The van der Waals surface area contributed by atoms with E-state index in [2.05, 4.69) is 30.4 Å². The number of allylic oxidation sites excluding steroid dienone is 1. The molecule has 0 saturated heterocycles. The average Bonchev–Trinajstić information content (AvgIpc) is 2.27. The lowest BCUT2D eigenvalue weighted by Crippen LogP contribution is -2.11. The molecule has 78 valence electrons. The number of hydrogen-bond acceptors (Lipinski definition) is 2. The molecule has 0 aromatic heterocycles. The number of nitrogens with zero attached hydrogens (tertiary/aromatic N) is 1. The molecule has 1 rings (SSSR count). The highest BCUT2D eigenvalue weighted by Gasteiger charge is 1.92. The second-order valence-corrected chi connectivity index (χ2v) is 3.29. The second kappa shape index (κ2) is 6.80. The quantitative estimate of drug-likeness (QED) is 0.793. The molecule has 1 aromatic carbocycles. The van der Waals surface area contributed by atoms with Crippen LogP contribution in [-0.2, 0) is 6.54 Å². The van der Waals surface area contributed by atoms with Crippen LogP contribution in [0.4, 0.5) is 0 Å². The van der Waals surface area contributed by atoms with Gasteiger partial charge in [0.15, 0.2) is 0 Å². The van der Waals surface area contributed by atoms with E-state index in [1.807, 2.05) is 24.3 Å². The Balaban J connectivity index is 2.62. The Morgan fingerprint density at radius 1 is 1.47 bits per heavy atom. The molecule has 0 spiro atoms. The smallest absolute Gasteiger partial charge is 0.0663 e. The first-order valence-electron chi connectivity index (χ1n) is 5.20. The molecular formula is C13H16N2.